The molecule has 4 aromatic rings. The Labute approximate surface area is 236 Å². The number of carboxylic acid groups (broad SMARTS) is 1. The van der Waals surface area contributed by atoms with Crippen molar-refractivity contribution in [3.63, 3.8) is 0 Å². The number of carbonyl (C=O) groups is 1. The number of aliphatic carboxylic acids is 1. The Kier molecular flexibility index (Phi) is 7.91. The monoisotopic (exact) mass is 568 g/mol. The summed E-state index contributed by atoms with van der Waals surface area (Å²) in [4.78, 5) is 18.5. The number of para-hydroxylation sites is 1. The number of fused-ring (bicyclic) bond motifs is 1. The van der Waals surface area contributed by atoms with Gasteiger partial charge in [-0.1, -0.05) is 30.4 Å². The van der Waals surface area contributed by atoms with Gasteiger partial charge >= 0.3 is 5.97 Å². The molecule has 1 fully saturated rings. The summed E-state index contributed by atoms with van der Waals surface area (Å²) >= 11 is 7.45. The summed E-state index contributed by atoms with van der Waals surface area (Å²) in [5, 5.41) is 10.1. The van der Waals surface area contributed by atoms with Crippen molar-refractivity contribution in [1.29, 1.82) is 0 Å². The lowest BCUT2D eigenvalue weighted by Crippen LogP contribution is -2.30. The zero-order chi connectivity index (χ0) is 27.7. The van der Waals surface area contributed by atoms with Gasteiger partial charge in [0.25, 0.3) is 0 Å². The molecule has 5 rings (SSSR count). The molecular formula is C29H32N2O6S2. The number of methoxy groups -OCH3 is 1. The maximum Gasteiger partial charge on any atom is 0.313 e. The summed E-state index contributed by atoms with van der Waals surface area (Å²) < 4.78 is 26.1. The minimum Gasteiger partial charge on any atom is -0.496 e. The summed E-state index contributed by atoms with van der Waals surface area (Å²) in [6.07, 6.45) is 4.96. The van der Waals surface area contributed by atoms with Crippen LogP contribution in [0.3, 0.4) is 0 Å². The second-order valence-corrected chi connectivity index (χ2v) is 11.6. The number of carboxylic acids is 1. The van der Waals surface area contributed by atoms with Crippen LogP contribution in [-0.2, 0) is 26.1 Å². The van der Waals surface area contributed by atoms with Crippen LogP contribution in [0, 0.1) is 11.6 Å². The molecule has 0 aliphatic carbocycles. The predicted octanol–water partition coefficient (Wildman–Crippen LogP) is 6.54. The molecule has 0 radical (unpaired) electrons. The van der Waals surface area contributed by atoms with Crippen molar-refractivity contribution >= 4 is 34.4 Å². The largest absolute Gasteiger partial charge is 0.496 e. The highest BCUT2D eigenvalue weighted by molar-refractivity contribution is 7.71. The summed E-state index contributed by atoms with van der Waals surface area (Å²) in [6, 6.07) is 9.81. The molecule has 0 spiro atoms. The van der Waals surface area contributed by atoms with Gasteiger partial charge in [0, 0.05) is 36.5 Å². The first-order valence-electron chi connectivity index (χ1n) is 12.9. The number of thiazole rings is 1. The number of pyridine rings is 1. The van der Waals surface area contributed by atoms with Crippen LogP contribution in [0.1, 0.15) is 55.2 Å². The van der Waals surface area contributed by atoms with E-state index in [2.05, 4.69) is 4.98 Å². The highest BCUT2D eigenvalue weighted by Gasteiger charge is 2.34. The molecule has 4 heterocycles. The number of nitrogens with zero attached hydrogens (tertiary/aromatic N) is 2. The van der Waals surface area contributed by atoms with Gasteiger partial charge in [-0.15, -0.1) is 11.3 Å². The molecule has 1 saturated heterocycles. The first kappa shape index (κ1) is 27.5. The number of ether oxygens (including phenoxy) is 3. The number of oxazole rings is 1. The van der Waals surface area contributed by atoms with Gasteiger partial charge in [-0.05, 0) is 51.3 Å². The average molecular weight is 569 g/mol. The van der Waals surface area contributed by atoms with Gasteiger partial charge in [0.05, 0.1) is 30.9 Å². The molecule has 3 aromatic heterocycles. The van der Waals surface area contributed by atoms with Crippen LogP contribution in [0.4, 0.5) is 0 Å². The second-order valence-electron chi connectivity index (χ2n) is 10.2. The molecule has 0 unspecified atom stereocenters. The van der Waals surface area contributed by atoms with Crippen molar-refractivity contribution in [1.82, 2.24) is 9.38 Å². The van der Waals surface area contributed by atoms with Crippen molar-refractivity contribution in [2.24, 2.45) is 0 Å². The van der Waals surface area contributed by atoms with Gasteiger partial charge in [0.1, 0.15) is 26.4 Å². The molecule has 0 saturated carbocycles. The summed E-state index contributed by atoms with van der Waals surface area (Å²) in [6.45, 7) is 6.65. The lowest BCUT2D eigenvalue weighted by Gasteiger charge is -2.29. The van der Waals surface area contributed by atoms with Gasteiger partial charge in [-0.2, -0.15) is 0 Å². The molecule has 1 aliphatic heterocycles. The average Bonchev–Trinajstić information content (AvgIpc) is 3.58. The fourth-order valence-corrected chi connectivity index (χ4v) is 6.81. The van der Waals surface area contributed by atoms with E-state index in [0.29, 0.717) is 35.7 Å². The first-order chi connectivity index (χ1) is 18.7. The van der Waals surface area contributed by atoms with E-state index in [1.54, 1.807) is 27.2 Å². The third-order valence-corrected chi connectivity index (χ3v) is 9.06. The van der Waals surface area contributed by atoms with E-state index in [1.165, 1.54) is 17.6 Å². The number of benzene rings is 1. The van der Waals surface area contributed by atoms with Gasteiger partial charge < -0.3 is 23.7 Å². The number of aromatic nitrogens is 2. The topological polar surface area (TPSA) is 95.4 Å². The van der Waals surface area contributed by atoms with E-state index in [9.17, 15) is 9.90 Å². The van der Waals surface area contributed by atoms with Crippen LogP contribution in [0.15, 0.2) is 47.2 Å². The Bertz CT molecular complexity index is 1530. The van der Waals surface area contributed by atoms with Crippen LogP contribution in [0.25, 0.3) is 15.6 Å². The molecule has 39 heavy (non-hydrogen) atoms. The van der Waals surface area contributed by atoms with Crippen LogP contribution in [0.5, 0.6) is 5.75 Å². The van der Waals surface area contributed by atoms with E-state index in [-0.39, 0.29) is 12.2 Å². The zero-order valence-corrected chi connectivity index (χ0v) is 24.1. The van der Waals surface area contributed by atoms with E-state index in [4.69, 9.17) is 30.8 Å². The molecule has 0 amide bonds. The van der Waals surface area contributed by atoms with Crippen LogP contribution in [0.2, 0.25) is 0 Å². The molecular weight excluding hydrogens is 536 g/mol. The van der Waals surface area contributed by atoms with E-state index in [0.717, 1.165) is 45.1 Å². The second kappa shape index (κ2) is 11.2. The predicted molar refractivity (Wildman–Crippen MR) is 151 cm³/mol. The summed E-state index contributed by atoms with van der Waals surface area (Å²) in [5.41, 5.74) is 2.09. The van der Waals surface area contributed by atoms with E-state index >= 15 is 0 Å². The summed E-state index contributed by atoms with van der Waals surface area (Å²) in [7, 11) is 1.66. The molecule has 1 aromatic carbocycles. The van der Waals surface area contributed by atoms with Gasteiger partial charge in [-0.3, -0.25) is 9.20 Å². The van der Waals surface area contributed by atoms with Crippen molar-refractivity contribution in [3.8, 4) is 16.5 Å². The molecule has 10 heteroatoms. The maximum absolute atomic E-state index is 12.4. The first-order valence-corrected chi connectivity index (χ1v) is 14.1. The van der Waals surface area contributed by atoms with Crippen molar-refractivity contribution in [2.75, 3.05) is 20.3 Å². The van der Waals surface area contributed by atoms with Crippen molar-refractivity contribution in [3.05, 3.63) is 69.8 Å². The van der Waals surface area contributed by atoms with E-state index in [1.807, 2.05) is 41.7 Å². The fraction of sp³-hybridized carbons (Fsp3) is 0.414. The normalized spacial score (nSPS) is 15.5. The number of aryl methyl sites for hydroxylation is 1. The van der Waals surface area contributed by atoms with Gasteiger partial charge in [0.15, 0.2) is 0 Å². The standard InChI is InChI=1S/C29H32N2O6S2/c1-17-24(25-30-11-14-36-25)39-27-18(15-21(26(38)31(17)27)29(2,3)28(32)33)16-23(37-19-9-12-35-13-10-19)20-7-5-6-8-22(20)34-4/h5-8,11,14-15,19,23H,9-10,12-13,16H2,1-4H3,(H,32,33)/t23-/m0/s1. The Balaban J connectivity index is 1.70. The minimum absolute atomic E-state index is 0.0397. The third kappa shape index (κ3) is 5.26. The van der Waals surface area contributed by atoms with Crippen molar-refractivity contribution < 1.29 is 28.5 Å². The van der Waals surface area contributed by atoms with E-state index < -0.39 is 11.4 Å². The number of hydrogen-bond acceptors (Lipinski definition) is 8. The Morgan fingerprint density at radius 1 is 1.31 bits per heavy atom. The smallest absolute Gasteiger partial charge is 0.313 e. The molecule has 1 atom stereocenters. The Morgan fingerprint density at radius 3 is 2.72 bits per heavy atom. The minimum atomic E-state index is -1.20. The number of rotatable bonds is 9. The lowest BCUT2D eigenvalue weighted by atomic mass is 9.84. The maximum atomic E-state index is 12.4. The van der Waals surface area contributed by atoms with Crippen LogP contribution in [-0.4, -0.2) is 46.9 Å². The summed E-state index contributed by atoms with van der Waals surface area (Å²) in [5.74, 6) is 0.299. The fourth-order valence-electron chi connectivity index (χ4n) is 4.99. The molecule has 1 N–H and O–H groups in total. The quantitative estimate of drug-likeness (QED) is 0.227. The van der Waals surface area contributed by atoms with Crippen LogP contribution >= 0.6 is 23.6 Å². The Morgan fingerprint density at radius 2 is 2.05 bits per heavy atom. The highest BCUT2D eigenvalue weighted by Crippen LogP contribution is 2.40. The lowest BCUT2D eigenvalue weighted by molar-refractivity contribution is -0.142. The highest BCUT2D eigenvalue weighted by atomic mass is 32.1. The van der Waals surface area contributed by atoms with Crippen LogP contribution < -0.4 is 4.74 Å². The molecule has 0 bridgehead atoms. The van der Waals surface area contributed by atoms with Crippen molar-refractivity contribution in [2.45, 2.75) is 57.7 Å². The Hall–Kier alpha value is -3.05. The molecule has 1 aliphatic rings. The molecule has 8 nitrogen and oxygen atoms in total. The SMILES string of the molecule is COc1ccccc1[C@H](Cc1cc(C(C)(C)C(=O)O)c(=S)n2c(C)c(-c3ncco3)sc12)OC1CCOCC1. The zero-order valence-electron chi connectivity index (χ0n) is 22.4. The van der Waals surface area contributed by atoms with Gasteiger partial charge in [-0.25, -0.2) is 4.98 Å². The molecule has 206 valence electrons. The number of hydrogen-bond donors (Lipinski definition) is 1. The third-order valence-electron chi connectivity index (χ3n) is 7.34. The van der Waals surface area contributed by atoms with Gasteiger partial charge in [0.2, 0.25) is 5.89 Å².